The van der Waals surface area contributed by atoms with Gasteiger partial charge in [-0.05, 0) is 12.5 Å². The molecular formula is C11H12O4. The van der Waals surface area contributed by atoms with Gasteiger partial charge in [-0.3, -0.25) is 4.79 Å². The molecule has 0 unspecified atom stereocenters. The molecule has 1 N–H and O–H groups in total. The van der Waals surface area contributed by atoms with Crippen LogP contribution in [0.25, 0.3) is 0 Å². The fraction of sp³-hybridized carbons (Fsp3) is 0.273. The van der Waals surface area contributed by atoms with Crippen molar-refractivity contribution in [3.05, 3.63) is 29.3 Å². The van der Waals surface area contributed by atoms with Gasteiger partial charge in [0.25, 0.3) is 0 Å². The zero-order valence-corrected chi connectivity index (χ0v) is 8.61. The average molecular weight is 208 g/mol. The maximum absolute atomic E-state index is 11.0. The summed E-state index contributed by atoms with van der Waals surface area (Å²) in [5.74, 6) is -1.68. The molecule has 0 atom stereocenters. The summed E-state index contributed by atoms with van der Waals surface area (Å²) in [5, 5.41) is 8.49. The average Bonchev–Trinajstić information content (AvgIpc) is 2.18. The van der Waals surface area contributed by atoms with E-state index in [1.54, 1.807) is 12.1 Å². The normalized spacial score (nSPS) is 9.73. The van der Waals surface area contributed by atoms with Crippen molar-refractivity contribution < 1.29 is 19.4 Å². The lowest BCUT2D eigenvalue weighted by molar-refractivity contribution is -0.148. The van der Waals surface area contributed by atoms with E-state index in [1.807, 2.05) is 13.0 Å². The van der Waals surface area contributed by atoms with Crippen LogP contribution in [0.5, 0.6) is 5.75 Å². The van der Waals surface area contributed by atoms with Crippen LogP contribution in [-0.2, 0) is 16.0 Å². The molecule has 80 valence electrons. The molecular weight excluding hydrogens is 196 g/mol. The first-order valence-electron chi connectivity index (χ1n) is 4.45. The Morgan fingerprint density at radius 2 is 2.07 bits per heavy atom. The number of aryl methyl sites for hydroxylation is 1. The molecule has 0 aliphatic heterocycles. The van der Waals surface area contributed by atoms with Crippen molar-refractivity contribution in [2.24, 2.45) is 0 Å². The van der Waals surface area contributed by atoms with Crippen molar-refractivity contribution in [3.8, 4) is 5.75 Å². The second kappa shape index (κ2) is 4.59. The minimum absolute atomic E-state index is 0.139. The van der Waals surface area contributed by atoms with Gasteiger partial charge < -0.3 is 9.84 Å². The van der Waals surface area contributed by atoms with Gasteiger partial charge in [0.05, 0.1) is 7.11 Å². The lowest BCUT2D eigenvalue weighted by atomic mass is 10.0. The number of carboxylic acids is 1. The van der Waals surface area contributed by atoms with Crippen molar-refractivity contribution >= 4 is 11.8 Å². The Morgan fingerprint density at radius 1 is 1.40 bits per heavy atom. The van der Waals surface area contributed by atoms with Gasteiger partial charge in [0.15, 0.2) is 0 Å². The van der Waals surface area contributed by atoms with Crippen LogP contribution in [0.3, 0.4) is 0 Å². The highest BCUT2D eigenvalue weighted by molar-refractivity contribution is 6.33. The van der Waals surface area contributed by atoms with Gasteiger partial charge in [0.2, 0.25) is 5.78 Å². The summed E-state index contributed by atoms with van der Waals surface area (Å²) in [6.45, 7) is 1.84. The van der Waals surface area contributed by atoms with E-state index in [0.29, 0.717) is 11.3 Å². The molecule has 0 spiro atoms. The molecule has 0 saturated heterocycles. The van der Waals surface area contributed by atoms with Crippen LogP contribution in [0.4, 0.5) is 0 Å². The number of ether oxygens (including phenoxy) is 1. The van der Waals surface area contributed by atoms with Crippen LogP contribution in [0.1, 0.15) is 11.1 Å². The van der Waals surface area contributed by atoms with Crippen molar-refractivity contribution in [2.75, 3.05) is 7.11 Å². The molecule has 1 aromatic carbocycles. The molecule has 0 aliphatic carbocycles. The maximum Gasteiger partial charge on any atom is 0.372 e. The first-order valence-corrected chi connectivity index (χ1v) is 4.45. The number of hydrogen-bond acceptors (Lipinski definition) is 3. The molecule has 0 fully saturated rings. The summed E-state index contributed by atoms with van der Waals surface area (Å²) < 4.78 is 5.11. The summed E-state index contributed by atoms with van der Waals surface area (Å²) in [7, 11) is 1.50. The van der Waals surface area contributed by atoms with Crippen LogP contribution in [0.2, 0.25) is 0 Å². The lowest BCUT2D eigenvalue weighted by Gasteiger charge is -2.09. The highest BCUT2D eigenvalue weighted by Gasteiger charge is 2.15. The predicted molar refractivity (Wildman–Crippen MR) is 54.1 cm³/mol. The summed E-state index contributed by atoms with van der Waals surface area (Å²) in [4.78, 5) is 21.4. The first kappa shape index (κ1) is 11.2. The lowest BCUT2D eigenvalue weighted by Crippen LogP contribution is -2.15. The number of Topliss-reactive ketones (excluding diaryl/α,β-unsaturated/α-hetero) is 1. The number of ketones is 1. The number of carboxylic acid groups (broad SMARTS) is 1. The minimum atomic E-state index is -1.42. The fourth-order valence-corrected chi connectivity index (χ4v) is 1.39. The third kappa shape index (κ3) is 2.56. The van der Waals surface area contributed by atoms with Crippen molar-refractivity contribution in [2.45, 2.75) is 13.3 Å². The molecule has 0 aliphatic rings. The summed E-state index contributed by atoms with van der Waals surface area (Å²) in [5.41, 5.74) is 1.48. The van der Waals surface area contributed by atoms with Crippen LogP contribution in [0.15, 0.2) is 18.2 Å². The van der Waals surface area contributed by atoms with Gasteiger partial charge >= 0.3 is 5.97 Å². The van der Waals surface area contributed by atoms with E-state index in [9.17, 15) is 9.59 Å². The molecule has 4 heteroatoms. The second-order valence-corrected chi connectivity index (χ2v) is 3.17. The van der Waals surface area contributed by atoms with Crippen LogP contribution < -0.4 is 4.74 Å². The Morgan fingerprint density at radius 3 is 2.60 bits per heavy atom. The van der Waals surface area contributed by atoms with Crippen LogP contribution in [0, 0.1) is 6.92 Å². The highest BCUT2D eigenvalue weighted by atomic mass is 16.5. The fourth-order valence-electron chi connectivity index (χ4n) is 1.39. The van der Waals surface area contributed by atoms with E-state index in [-0.39, 0.29) is 6.42 Å². The monoisotopic (exact) mass is 208 g/mol. The quantitative estimate of drug-likeness (QED) is 0.755. The summed E-state index contributed by atoms with van der Waals surface area (Å²) in [6.07, 6.45) is -0.139. The predicted octanol–water partition coefficient (Wildman–Crippen LogP) is 1.20. The maximum atomic E-state index is 11.0. The van der Waals surface area contributed by atoms with E-state index in [0.717, 1.165) is 5.56 Å². The van der Waals surface area contributed by atoms with Gasteiger partial charge in [0.1, 0.15) is 5.75 Å². The van der Waals surface area contributed by atoms with Crippen molar-refractivity contribution in [1.29, 1.82) is 0 Å². The number of methoxy groups -OCH3 is 1. The molecule has 4 nitrogen and oxygen atoms in total. The SMILES string of the molecule is COc1c(C)cccc1CC(=O)C(=O)O. The Labute approximate surface area is 87.5 Å². The highest BCUT2D eigenvalue weighted by Crippen LogP contribution is 2.23. The Hall–Kier alpha value is -1.84. The zero-order valence-electron chi connectivity index (χ0n) is 8.61. The number of aliphatic carboxylic acids is 1. The van der Waals surface area contributed by atoms with E-state index in [2.05, 4.69) is 0 Å². The molecule has 15 heavy (non-hydrogen) atoms. The number of carbonyl (C=O) groups excluding carboxylic acids is 1. The van der Waals surface area contributed by atoms with Crippen LogP contribution >= 0.6 is 0 Å². The molecule has 0 heterocycles. The van der Waals surface area contributed by atoms with E-state index < -0.39 is 11.8 Å². The summed E-state index contributed by atoms with van der Waals surface area (Å²) in [6, 6.07) is 5.29. The third-order valence-electron chi connectivity index (χ3n) is 2.09. The van der Waals surface area contributed by atoms with Gasteiger partial charge in [-0.15, -0.1) is 0 Å². The van der Waals surface area contributed by atoms with E-state index in [4.69, 9.17) is 9.84 Å². The van der Waals surface area contributed by atoms with Gasteiger partial charge in [0, 0.05) is 12.0 Å². The largest absolute Gasteiger partial charge is 0.496 e. The molecule has 1 rings (SSSR count). The molecule has 0 aromatic heterocycles. The summed E-state index contributed by atoms with van der Waals surface area (Å²) >= 11 is 0. The zero-order chi connectivity index (χ0) is 11.4. The molecule has 0 amide bonds. The third-order valence-corrected chi connectivity index (χ3v) is 2.09. The number of carbonyl (C=O) groups is 2. The Bertz CT molecular complexity index is 396. The minimum Gasteiger partial charge on any atom is -0.496 e. The van der Waals surface area contributed by atoms with E-state index in [1.165, 1.54) is 7.11 Å². The second-order valence-electron chi connectivity index (χ2n) is 3.17. The number of rotatable bonds is 4. The van der Waals surface area contributed by atoms with E-state index >= 15 is 0 Å². The topological polar surface area (TPSA) is 63.6 Å². The Balaban J connectivity index is 2.99. The standard InChI is InChI=1S/C11H12O4/c1-7-4-3-5-8(10(7)15-2)6-9(12)11(13)14/h3-5H,6H2,1-2H3,(H,13,14). The van der Waals surface area contributed by atoms with Gasteiger partial charge in [-0.2, -0.15) is 0 Å². The van der Waals surface area contributed by atoms with Gasteiger partial charge in [-0.1, -0.05) is 18.2 Å². The molecule has 1 aromatic rings. The Kier molecular flexibility index (Phi) is 3.44. The van der Waals surface area contributed by atoms with Crippen LogP contribution in [-0.4, -0.2) is 24.0 Å². The number of hydrogen-bond donors (Lipinski definition) is 1. The number of benzene rings is 1. The molecule has 0 saturated carbocycles. The van der Waals surface area contributed by atoms with Crippen molar-refractivity contribution in [1.82, 2.24) is 0 Å². The molecule has 0 radical (unpaired) electrons. The molecule has 0 bridgehead atoms. The number of para-hydroxylation sites is 1. The smallest absolute Gasteiger partial charge is 0.372 e. The van der Waals surface area contributed by atoms with Gasteiger partial charge in [-0.25, -0.2) is 4.79 Å². The first-order chi connectivity index (χ1) is 7.06. The van der Waals surface area contributed by atoms with Crippen molar-refractivity contribution in [3.63, 3.8) is 0 Å².